The number of pyridine rings is 1. The molecular weight excluding hydrogens is 253 g/mol. The highest BCUT2D eigenvalue weighted by atomic mass is 127. The highest BCUT2D eigenvalue weighted by Crippen LogP contribution is 2.17. The molecule has 4 heteroatoms. The minimum atomic E-state index is 0.870. The maximum absolute atomic E-state index is 4.27. The van der Waals surface area contributed by atoms with Crippen molar-refractivity contribution in [3.05, 3.63) is 21.5 Å². The number of nitrogens with one attached hydrogen (secondary N) is 1. The van der Waals surface area contributed by atoms with Crippen LogP contribution in [0.4, 0.5) is 0 Å². The molecule has 2 rings (SSSR count). The Morgan fingerprint density at radius 1 is 1.55 bits per heavy atom. The van der Waals surface area contributed by atoms with Gasteiger partial charge in [0.1, 0.15) is 0 Å². The molecule has 2 aromatic heterocycles. The number of fused-ring (bicyclic) bond motifs is 1. The topological polar surface area (TPSA) is 41.6 Å². The molecule has 0 bridgehead atoms. The summed E-state index contributed by atoms with van der Waals surface area (Å²) in [5.41, 5.74) is 1.89. The van der Waals surface area contributed by atoms with Crippen LogP contribution in [0.25, 0.3) is 11.0 Å². The molecular formula is C7H6IN3. The van der Waals surface area contributed by atoms with Crippen molar-refractivity contribution in [3.8, 4) is 0 Å². The molecule has 3 nitrogen and oxygen atoms in total. The van der Waals surface area contributed by atoms with Gasteiger partial charge in [-0.25, -0.2) is 4.98 Å². The molecule has 0 aliphatic carbocycles. The second-order valence-corrected chi connectivity index (χ2v) is 3.54. The lowest BCUT2D eigenvalue weighted by atomic mass is 10.3. The van der Waals surface area contributed by atoms with Gasteiger partial charge in [-0.15, -0.1) is 0 Å². The van der Waals surface area contributed by atoms with Crippen LogP contribution in [0, 0.1) is 10.5 Å². The quantitative estimate of drug-likeness (QED) is 0.734. The van der Waals surface area contributed by atoms with E-state index >= 15 is 0 Å². The molecule has 0 atom stereocenters. The second kappa shape index (κ2) is 2.44. The van der Waals surface area contributed by atoms with Crippen LogP contribution in [-0.2, 0) is 0 Å². The Morgan fingerprint density at radius 2 is 2.36 bits per heavy atom. The van der Waals surface area contributed by atoms with Crippen LogP contribution in [0.3, 0.4) is 0 Å². The van der Waals surface area contributed by atoms with E-state index in [-0.39, 0.29) is 0 Å². The number of hydrogen-bond acceptors (Lipinski definition) is 2. The fraction of sp³-hybridized carbons (Fsp3) is 0.143. The Labute approximate surface area is 77.4 Å². The van der Waals surface area contributed by atoms with Crippen molar-refractivity contribution in [2.24, 2.45) is 0 Å². The van der Waals surface area contributed by atoms with Gasteiger partial charge in [0.15, 0.2) is 5.65 Å². The second-order valence-electron chi connectivity index (χ2n) is 2.38. The summed E-state index contributed by atoms with van der Waals surface area (Å²) in [6.45, 7) is 1.97. The van der Waals surface area contributed by atoms with Crippen molar-refractivity contribution < 1.29 is 0 Å². The number of aromatic nitrogens is 3. The van der Waals surface area contributed by atoms with Gasteiger partial charge in [-0.3, -0.25) is 5.10 Å². The molecule has 2 aromatic rings. The number of nitrogens with zero attached hydrogens (tertiary/aromatic N) is 2. The van der Waals surface area contributed by atoms with Gasteiger partial charge in [-0.2, -0.15) is 5.10 Å². The number of aryl methyl sites for hydroxylation is 1. The molecule has 0 aromatic carbocycles. The lowest BCUT2D eigenvalue weighted by molar-refractivity contribution is 1.09. The van der Waals surface area contributed by atoms with Crippen molar-refractivity contribution in [2.75, 3.05) is 0 Å². The standard InChI is InChI=1S/C7H6IN3/c1-4-2-6(8)5-3-9-11-7(5)10-4/h2-3H,1H3,(H,9,10,11). The minimum Gasteiger partial charge on any atom is -0.261 e. The van der Waals surface area contributed by atoms with Crippen molar-refractivity contribution >= 4 is 33.6 Å². The Kier molecular flexibility index (Phi) is 1.56. The summed E-state index contributed by atoms with van der Waals surface area (Å²) in [5.74, 6) is 0. The first-order valence-corrected chi connectivity index (χ1v) is 4.31. The van der Waals surface area contributed by atoms with E-state index in [0.717, 1.165) is 16.7 Å². The summed E-state index contributed by atoms with van der Waals surface area (Å²) < 4.78 is 1.19. The Bertz CT molecular complexity index is 393. The number of hydrogen-bond donors (Lipinski definition) is 1. The summed E-state index contributed by atoms with van der Waals surface area (Å²) in [5, 5.41) is 7.84. The van der Waals surface area contributed by atoms with Gasteiger partial charge in [-0.1, -0.05) is 0 Å². The zero-order chi connectivity index (χ0) is 7.84. The molecule has 0 unspecified atom stereocenters. The van der Waals surface area contributed by atoms with Gasteiger partial charge in [-0.05, 0) is 35.6 Å². The average Bonchev–Trinajstić information content (AvgIpc) is 2.34. The Balaban J connectivity index is 2.91. The molecule has 56 valence electrons. The summed E-state index contributed by atoms with van der Waals surface area (Å²) in [7, 11) is 0. The van der Waals surface area contributed by atoms with Crippen LogP contribution >= 0.6 is 22.6 Å². The first kappa shape index (κ1) is 7.02. The minimum absolute atomic E-state index is 0.870. The fourth-order valence-corrected chi connectivity index (χ4v) is 1.85. The molecule has 1 N–H and O–H groups in total. The van der Waals surface area contributed by atoms with Crippen LogP contribution in [0.5, 0.6) is 0 Å². The van der Waals surface area contributed by atoms with Crippen LogP contribution in [0.1, 0.15) is 5.69 Å². The van der Waals surface area contributed by atoms with Crippen molar-refractivity contribution in [3.63, 3.8) is 0 Å². The normalized spacial score (nSPS) is 10.7. The van der Waals surface area contributed by atoms with Gasteiger partial charge < -0.3 is 0 Å². The monoisotopic (exact) mass is 259 g/mol. The van der Waals surface area contributed by atoms with Crippen molar-refractivity contribution in [1.29, 1.82) is 0 Å². The first-order valence-electron chi connectivity index (χ1n) is 3.23. The first-order chi connectivity index (χ1) is 5.27. The maximum atomic E-state index is 4.27. The lowest BCUT2D eigenvalue weighted by Crippen LogP contribution is -1.84. The predicted octanol–water partition coefficient (Wildman–Crippen LogP) is 1.87. The Morgan fingerprint density at radius 3 is 3.18 bits per heavy atom. The smallest absolute Gasteiger partial charge is 0.156 e. The van der Waals surface area contributed by atoms with E-state index in [0.29, 0.717) is 0 Å². The van der Waals surface area contributed by atoms with Gasteiger partial charge in [0.25, 0.3) is 0 Å². The molecule has 0 saturated heterocycles. The number of H-pyrrole nitrogens is 1. The summed E-state index contributed by atoms with van der Waals surface area (Å²) in [6, 6.07) is 2.04. The molecule has 11 heavy (non-hydrogen) atoms. The highest BCUT2D eigenvalue weighted by molar-refractivity contribution is 14.1. The molecule has 0 aliphatic rings. The fourth-order valence-electron chi connectivity index (χ4n) is 1.01. The molecule has 0 aliphatic heterocycles. The third-order valence-electron chi connectivity index (χ3n) is 1.50. The molecule has 0 spiro atoms. The molecule has 0 fully saturated rings. The van der Waals surface area contributed by atoms with Gasteiger partial charge in [0.05, 0.1) is 11.6 Å². The van der Waals surface area contributed by atoms with Crippen LogP contribution in [0.2, 0.25) is 0 Å². The van der Waals surface area contributed by atoms with Crippen LogP contribution < -0.4 is 0 Å². The Hall–Kier alpha value is -0.650. The SMILES string of the molecule is Cc1cc(I)c2cn[nH]c2n1. The molecule has 2 heterocycles. The largest absolute Gasteiger partial charge is 0.261 e. The predicted molar refractivity (Wildman–Crippen MR) is 51.3 cm³/mol. The van der Waals surface area contributed by atoms with Crippen molar-refractivity contribution in [2.45, 2.75) is 6.92 Å². The number of halogens is 1. The van der Waals surface area contributed by atoms with E-state index in [1.165, 1.54) is 3.57 Å². The van der Waals surface area contributed by atoms with Gasteiger partial charge in [0.2, 0.25) is 0 Å². The van der Waals surface area contributed by atoms with Gasteiger partial charge in [0, 0.05) is 9.26 Å². The van der Waals surface area contributed by atoms with E-state index in [2.05, 4.69) is 37.8 Å². The zero-order valence-electron chi connectivity index (χ0n) is 5.93. The third-order valence-corrected chi connectivity index (χ3v) is 2.39. The third kappa shape index (κ3) is 1.11. The van der Waals surface area contributed by atoms with Crippen molar-refractivity contribution in [1.82, 2.24) is 15.2 Å². The molecule has 0 radical (unpaired) electrons. The maximum Gasteiger partial charge on any atom is 0.156 e. The van der Waals surface area contributed by atoms with E-state index in [1.54, 1.807) is 6.20 Å². The average molecular weight is 259 g/mol. The summed E-state index contributed by atoms with van der Waals surface area (Å²) in [4.78, 5) is 4.27. The van der Waals surface area contributed by atoms with E-state index < -0.39 is 0 Å². The molecule has 0 saturated carbocycles. The summed E-state index contributed by atoms with van der Waals surface area (Å²) in [6.07, 6.45) is 1.80. The van der Waals surface area contributed by atoms with Gasteiger partial charge >= 0.3 is 0 Å². The van der Waals surface area contributed by atoms with E-state index in [1.807, 2.05) is 13.0 Å². The number of rotatable bonds is 0. The number of aromatic amines is 1. The van der Waals surface area contributed by atoms with E-state index in [4.69, 9.17) is 0 Å². The van der Waals surface area contributed by atoms with Crippen LogP contribution in [-0.4, -0.2) is 15.2 Å². The highest BCUT2D eigenvalue weighted by Gasteiger charge is 2.01. The zero-order valence-corrected chi connectivity index (χ0v) is 8.08. The summed E-state index contributed by atoms with van der Waals surface area (Å²) >= 11 is 2.28. The molecule has 0 amide bonds. The van der Waals surface area contributed by atoms with Crippen LogP contribution in [0.15, 0.2) is 12.3 Å². The lowest BCUT2D eigenvalue weighted by Gasteiger charge is -1.94. The van der Waals surface area contributed by atoms with E-state index in [9.17, 15) is 0 Å².